The van der Waals surface area contributed by atoms with E-state index in [1.807, 2.05) is 35.6 Å². The molecule has 1 heterocycles. The zero-order chi connectivity index (χ0) is 77.2. The van der Waals surface area contributed by atoms with Crippen molar-refractivity contribution in [3.63, 3.8) is 0 Å². The summed E-state index contributed by atoms with van der Waals surface area (Å²) in [6.45, 7) is 5.76. The normalized spacial score (nSPS) is 13.2. The zero-order valence-corrected chi connectivity index (χ0v) is 56.4. The van der Waals surface area contributed by atoms with E-state index in [9.17, 15) is 85.1 Å². The van der Waals surface area contributed by atoms with Crippen molar-refractivity contribution in [2.75, 3.05) is 88.4 Å². The molecule has 564 valence electrons. The number of hydrogen-bond donors (Lipinski definition) is 17. The van der Waals surface area contributed by atoms with Crippen LogP contribution in [0.3, 0.4) is 0 Å². The molecule has 0 bridgehead atoms. The molecule has 99 heavy (non-hydrogen) atoms. The van der Waals surface area contributed by atoms with Crippen LogP contribution in [0, 0.1) is 0 Å². The highest BCUT2D eigenvalue weighted by atomic mass is 32.2. The molecular formula is C58H95N9O31S. The summed E-state index contributed by atoms with van der Waals surface area (Å²) in [5.74, 6) is -15.5. The molecule has 41 heteroatoms. The number of sulfone groups is 1. The van der Waals surface area contributed by atoms with E-state index in [0.717, 1.165) is 24.9 Å². The monoisotopic (exact) mass is 1450 g/mol. The lowest BCUT2D eigenvalue weighted by Crippen LogP contribution is -2.49. The summed E-state index contributed by atoms with van der Waals surface area (Å²) < 4.78 is 27.3. The van der Waals surface area contributed by atoms with Gasteiger partial charge in [-0.1, -0.05) is 57.2 Å². The van der Waals surface area contributed by atoms with Crippen LogP contribution in [0.15, 0.2) is 30.3 Å². The second-order valence-corrected chi connectivity index (χ2v) is 24.5. The van der Waals surface area contributed by atoms with E-state index in [2.05, 4.69) is 17.6 Å². The number of nitrogens with two attached hydrogens (primary N) is 2. The van der Waals surface area contributed by atoms with E-state index in [1.165, 1.54) is 36.0 Å². The smallest absolute Gasteiger partial charge is 0.411 e. The van der Waals surface area contributed by atoms with Crippen LogP contribution in [0.2, 0.25) is 0 Å². The Morgan fingerprint density at radius 2 is 1.01 bits per heavy atom. The number of benzene rings is 1. The van der Waals surface area contributed by atoms with Crippen molar-refractivity contribution < 1.29 is 151 Å². The van der Waals surface area contributed by atoms with Crippen molar-refractivity contribution in [2.45, 2.75) is 148 Å². The molecule has 0 aromatic heterocycles. The minimum atomic E-state index is -3.14. The lowest BCUT2D eigenvalue weighted by atomic mass is 10.1. The third-order valence-corrected chi connectivity index (χ3v) is 13.9. The lowest BCUT2D eigenvalue weighted by molar-refractivity contribution is -0.144. The number of rotatable bonds is 41. The van der Waals surface area contributed by atoms with Gasteiger partial charge in [0.15, 0.2) is 9.84 Å². The van der Waals surface area contributed by atoms with Gasteiger partial charge in [0.25, 0.3) is 0 Å². The highest BCUT2D eigenvalue weighted by Gasteiger charge is 2.34. The van der Waals surface area contributed by atoms with E-state index in [1.54, 1.807) is 25.7 Å². The van der Waals surface area contributed by atoms with Gasteiger partial charge < -0.3 is 98.3 Å². The molecule has 1 aliphatic rings. The quantitative estimate of drug-likeness (QED) is 0.0334. The van der Waals surface area contributed by atoms with Crippen molar-refractivity contribution in [1.29, 1.82) is 0 Å². The van der Waals surface area contributed by atoms with Gasteiger partial charge in [-0.2, -0.15) is 0 Å². The predicted molar refractivity (Wildman–Crippen MR) is 344 cm³/mol. The largest absolute Gasteiger partial charge is 0.481 e. The number of anilines is 1. The molecule has 40 nitrogen and oxygen atoms in total. The van der Waals surface area contributed by atoms with Gasteiger partial charge in [-0.25, -0.2) is 13.2 Å². The van der Waals surface area contributed by atoms with Gasteiger partial charge in [-0.15, -0.1) is 0 Å². The van der Waals surface area contributed by atoms with Crippen molar-refractivity contribution in [2.24, 2.45) is 11.5 Å². The van der Waals surface area contributed by atoms with Crippen LogP contribution in [0.1, 0.15) is 118 Å². The van der Waals surface area contributed by atoms with Gasteiger partial charge >= 0.3 is 77.7 Å². The number of carboxylic acid groups (broad SMARTS) is 12. The summed E-state index contributed by atoms with van der Waals surface area (Å²) in [6, 6.07) is 5.56. The van der Waals surface area contributed by atoms with Crippen molar-refractivity contribution in [3.05, 3.63) is 30.3 Å². The maximum absolute atomic E-state index is 11.5. The molecule has 4 atom stereocenters. The Morgan fingerprint density at radius 3 is 1.39 bits per heavy atom. The molecular weight excluding hydrogens is 1350 g/mol. The fourth-order valence-electron chi connectivity index (χ4n) is 7.61. The zero-order valence-electron chi connectivity index (χ0n) is 55.6. The van der Waals surface area contributed by atoms with Crippen molar-refractivity contribution >= 4 is 111 Å². The number of nitrogens with one attached hydrogen (secondary N) is 3. The van der Waals surface area contributed by atoms with Crippen LogP contribution >= 0.6 is 0 Å². The molecule has 1 aromatic rings. The highest BCUT2D eigenvalue weighted by Crippen LogP contribution is 2.18. The van der Waals surface area contributed by atoms with E-state index >= 15 is 0 Å². The molecule has 1 unspecified atom stereocenters. The molecule has 2 rings (SSSR count). The van der Waals surface area contributed by atoms with Gasteiger partial charge in [0.2, 0.25) is 17.7 Å². The molecule has 0 aliphatic carbocycles. The number of hydrogen-bond acceptors (Lipinski definition) is 24. The Bertz CT molecular complexity index is 2810. The first-order valence-corrected chi connectivity index (χ1v) is 32.0. The number of carbonyl (C=O) groups is 16. The van der Waals surface area contributed by atoms with Gasteiger partial charge in [-0.05, 0) is 72.1 Å². The van der Waals surface area contributed by atoms with Crippen molar-refractivity contribution in [3.8, 4) is 0 Å². The first-order valence-electron chi connectivity index (χ1n) is 30.2. The fraction of sp³-hybridized carbons (Fsp3) is 0.621. The highest BCUT2D eigenvalue weighted by molar-refractivity contribution is 7.91. The Kier molecular flexibility index (Phi) is 51.3. The van der Waals surface area contributed by atoms with Crippen LogP contribution in [-0.4, -0.2) is 293 Å². The van der Waals surface area contributed by atoms with Gasteiger partial charge in [0.1, 0.15) is 37.3 Å². The van der Waals surface area contributed by atoms with E-state index in [0.29, 0.717) is 31.0 Å². The third-order valence-electron chi connectivity index (χ3n) is 12.2. The lowest BCUT2D eigenvalue weighted by Gasteiger charge is -2.25. The first-order chi connectivity index (χ1) is 45.8. The van der Waals surface area contributed by atoms with E-state index < -0.39 is 168 Å². The molecule has 1 aromatic carbocycles. The maximum atomic E-state index is 11.5. The van der Waals surface area contributed by atoms with Gasteiger partial charge in [0.05, 0.1) is 63.1 Å². The van der Waals surface area contributed by atoms with Crippen LogP contribution in [-0.2, 0) is 86.5 Å². The first kappa shape index (κ1) is 95.5. The van der Waals surface area contributed by atoms with Gasteiger partial charge in [0, 0.05) is 37.7 Å². The second kappa shape index (κ2) is 53.2. The third kappa shape index (κ3) is 59.2. The van der Waals surface area contributed by atoms with E-state index in [-0.39, 0.29) is 69.7 Å². The summed E-state index contributed by atoms with van der Waals surface area (Å²) in [6.07, 6.45) is 5.27. The minimum absolute atomic E-state index is 0.00544. The number of aliphatic carboxylic acids is 12. The van der Waals surface area contributed by atoms with Crippen molar-refractivity contribution in [1.82, 2.24) is 30.7 Å². The summed E-state index contributed by atoms with van der Waals surface area (Å²) >= 11 is 0. The summed E-state index contributed by atoms with van der Waals surface area (Å²) in [5.41, 5.74) is 10.4. The Balaban J connectivity index is -0.000000547. The number of unbranched alkanes of at least 4 members (excludes halogenated alkanes) is 5. The maximum Gasteiger partial charge on any atom is 0.411 e. The SMILES string of the molecule is CC(C)(C)OC(=O)N(CC(=O)O)CC(=O)O.CCCCCCCCN(CC(=O)O)CC(=O)O.C[C@@H](NC(=O)[C@@H](N)CCC(=O)O)C(=O)O.NCC(=O)N[C@@H](CCC(=O)O)C(=O)NCC(=O)O.O=C(O)CCN(CCC(=O)O)c1ccccc1.O=C(O)CN(CC(=O)O)C1CCS(=O)(=O)C1. The molecule has 1 fully saturated rings. The predicted octanol–water partition coefficient (Wildman–Crippen LogP) is -1.44. The number of para-hydroxylation sites is 1. The molecule has 4 amide bonds. The molecule has 0 spiro atoms. The standard InChI is InChI=1S/C12H15NO4.C12H23NO4.C9H15N3O6.C9H15NO6.C8H14N2O5.C8H13NO6S/c14-11(15)6-8-13(9-7-12(16)17)10-4-2-1-3-5-10;1-2-3-4-5-6-7-8-13(9-11(14)15)10-12(16)17;10-3-6(13)12-5(1-2-7(14)15)9(18)11-4-8(16)17;1-9(2,3)16-8(15)10(4-6(11)12)5-7(13)14;1-4(8(14)15)10-7(13)5(9)2-3-6(11)12;10-7(11)3-9(4-8(12)13)6-1-2-16(14,15)5-6/h1-5H,6-9H2,(H,14,15)(H,16,17);2-10H2,1H3,(H,14,15)(H,16,17);5H,1-4,10H2,(H,11,18)(H,12,13)(H,14,15)(H,16,17);4-5H2,1-3H3,(H,11,12)(H,13,14);4-5H,2-3,9H2,1H3,(H,10,13)(H,11,12)(H,14,15);6H,1-5H2,(H,10,11)(H,12,13)/t;;5-;;4-,5+;/m..0.1./s1. The van der Waals surface area contributed by atoms with Crippen LogP contribution in [0.25, 0.3) is 0 Å². The van der Waals surface area contributed by atoms with Crippen LogP contribution in [0.5, 0.6) is 0 Å². The number of ether oxygens (including phenoxy) is 1. The molecule has 0 radical (unpaired) electrons. The van der Waals surface area contributed by atoms with E-state index in [4.69, 9.17) is 77.5 Å². The summed E-state index contributed by atoms with van der Waals surface area (Å²) in [7, 11) is -3.14. The topological polar surface area (TPSA) is 660 Å². The molecule has 0 saturated carbocycles. The minimum Gasteiger partial charge on any atom is -0.481 e. The number of carboxylic acids is 12. The van der Waals surface area contributed by atoms with Gasteiger partial charge in [-0.3, -0.25) is 86.6 Å². The van der Waals surface area contributed by atoms with Crippen LogP contribution in [0.4, 0.5) is 10.5 Å². The number of carbonyl (C=O) groups excluding carboxylic acids is 4. The summed E-state index contributed by atoms with van der Waals surface area (Å²) in [5, 5.41) is 109. The average Bonchev–Trinajstić information content (AvgIpc) is 1.73. The fourth-order valence-corrected chi connectivity index (χ4v) is 9.37. The Labute approximate surface area is 569 Å². The number of amides is 4. The van der Waals surface area contributed by atoms with Crippen LogP contribution < -0.4 is 32.3 Å². The Morgan fingerprint density at radius 1 is 0.566 bits per heavy atom. The summed E-state index contributed by atoms with van der Waals surface area (Å²) in [4.78, 5) is 175. The molecule has 1 aliphatic heterocycles. The molecule has 19 N–H and O–H groups in total. The average molecular weight is 1450 g/mol. The number of nitrogens with zero attached hydrogens (tertiary/aromatic N) is 4. The Hall–Kier alpha value is -9.87. The second-order valence-electron chi connectivity index (χ2n) is 22.2. The molecule has 1 saturated heterocycles.